The van der Waals surface area contributed by atoms with Gasteiger partial charge >= 0.3 is 0 Å². The summed E-state index contributed by atoms with van der Waals surface area (Å²) in [5.74, 6) is 0. The predicted octanol–water partition coefficient (Wildman–Crippen LogP) is 3.25. The number of hydrazone groups is 1. The quantitative estimate of drug-likeness (QED) is 0.505. The Morgan fingerprint density at radius 2 is 1.76 bits per heavy atom. The number of thiocarbonyl (C=S) groups is 1. The van der Waals surface area contributed by atoms with Crippen molar-refractivity contribution in [2.45, 2.75) is 19.9 Å². The van der Waals surface area contributed by atoms with Crippen molar-refractivity contribution in [3.63, 3.8) is 0 Å². The maximum Gasteiger partial charge on any atom is 0.187 e. The van der Waals surface area contributed by atoms with Crippen molar-refractivity contribution in [2.24, 2.45) is 5.10 Å². The second-order valence-electron chi connectivity index (χ2n) is 4.63. The third kappa shape index (κ3) is 5.36. The van der Waals surface area contributed by atoms with Gasteiger partial charge in [-0.1, -0.05) is 61.5 Å². The Bertz CT molecular complexity index is 591. The van der Waals surface area contributed by atoms with E-state index in [1.807, 2.05) is 42.5 Å². The largest absolute Gasteiger partial charge is 0.357 e. The van der Waals surface area contributed by atoms with Crippen molar-refractivity contribution < 1.29 is 0 Å². The van der Waals surface area contributed by atoms with Gasteiger partial charge in [-0.25, -0.2) is 0 Å². The van der Waals surface area contributed by atoms with E-state index in [0.717, 1.165) is 12.0 Å². The normalized spacial score (nSPS) is 10.5. The molecule has 0 aliphatic carbocycles. The Balaban J connectivity index is 1.76. The predicted molar refractivity (Wildman–Crippen MR) is 92.4 cm³/mol. The van der Waals surface area contributed by atoms with Crippen LogP contribution in [0.5, 0.6) is 0 Å². The summed E-state index contributed by atoms with van der Waals surface area (Å²) in [5.41, 5.74) is 6.37. The van der Waals surface area contributed by atoms with Crippen LogP contribution >= 0.6 is 12.2 Å². The Labute approximate surface area is 131 Å². The zero-order valence-electron chi connectivity index (χ0n) is 12.0. The van der Waals surface area contributed by atoms with Gasteiger partial charge in [0.05, 0.1) is 6.21 Å². The second-order valence-corrected chi connectivity index (χ2v) is 5.04. The third-order valence-corrected chi connectivity index (χ3v) is 3.30. The molecule has 0 radical (unpaired) electrons. The van der Waals surface area contributed by atoms with E-state index in [0.29, 0.717) is 11.7 Å². The number of hydrogen-bond donors (Lipinski definition) is 2. The van der Waals surface area contributed by atoms with E-state index in [-0.39, 0.29) is 0 Å². The molecule has 108 valence electrons. The molecule has 0 saturated carbocycles. The maximum atomic E-state index is 5.17. The Morgan fingerprint density at radius 3 is 2.43 bits per heavy atom. The van der Waals surface area contributed by atoms with E-state index in [4.69, 9.17) is 12.2 Å². The van der Waals surface area contributed by atoms with E-state index in [1.54, 1.807) is 6.21 Å². The van der Waals surface area contributed by atoms with E-state index in [2.05, 4.69) is 34.9 Å². The first-order chi connectivity index (χ1) is 10.3. The minimum atomic E-state index is 0.514. The van der Waals surface area contributed by atoms with E-state index >= 15 is 0 Å². The minimum Gasteiger partial charge on any atom is -0.357 e. The summed E-state index contributed by atoms with van der Waals surface area (Å²) in [6.07, 6.45) is 2.80. The van der Waals surface area contributed by atoms with Crippen LogP contribution in [-0.4, -0.2) is 11.3 Å². The number of hydrogen-bond acceptors (Lipinski definition) is 2. The summed E-state index contributed by atoms with van der Waals surface area (Å²) >= 11 is 5.17. The molecule has 2 rings (SSSR count). The van der Waals surface area contributed by atoms with Gasteiger partial charge in [0, 0.05) is 6.54 Å². The van der Waals surface area contributed by atoms with Crippen LogP contribution in [0, 0.1) is 0 Å². The number of nitrogens with one attached hydrogen (secondary N) is 2. The zero-order chi connectivity index (χ0) is 14.9. The molecule has 0 heterocycles. The highest BCUT2D eigenvalue weighted by Crippen LogP contribution is 2.02. The Hall–Kier alpha value is -2.20. The Kier molecular flexibility index (Phi) is 5.91. The first-order valence-electron chi connectivity index (χ1n) is 6.97. The SMILES string of the molecule is CCc1ccc(/C=N/NC(=S)NCc2ccccc2)cc1. The van der Waals surface area contributed by atoms with Crippen LogP contribution in [0.2, 0.25) is 0 Å². The van der Waals surface area contributed by atoms with E-state index in [1.165, 1.54) is 11.1 Å². The summed E-state index contributed by atoms with van der Waals surface area (Å²) in [4.78, 5) is 0. The van der Waals surface area contributed by atoms with Gasteiger partial charge in [0.1, 0.15) is 0 Å². The van der Waals surface area contributed by atoms with Gasteiger partial charge in [0.2, 0.25) is 0 Å². The number of rotatable bonds is 5. The number of benzene rings is 2. The molecule has 0 amide bonds. The monoisotopic (exact) mass is 297 g/mol. The minimum absolute atomic E-state index is 0.514. The van der Waals surface area contributed by atoms with Crippen LogP contribution in [0.1, 0.15) is 23.6 Å². The smallest absolute Gasteiger partial charge is 0.187 e. The molecule has 0 aliphatic rings. The van der Waals surface area contributed by atoms with Crippen molar-refractivity contribution in [3.8, 4) is 0 Å². The lowest BCUT2D eigenvalue weighted by molar-refractivity contribution is 0.869. The molecule has 0 aliphatic heterocycles. The summed E-state index contributed by atoms with van der Waals surface area (Å²) in [6.45, 7) is 2.83. The van der Waals surface area contributed by atoms with Crippen LogP contribution in [0.3, 0.4) is 0 Å². The van der Waals surface area contributed by atoms with Crippen LogP contribution in [0.15, 0.2) is 59.7 Å². The lowest BCUT2D eigenvalue weighted by Gasteiger charge is -2.06. The van der Waals surface area contributed by atoms with Gasteiger partial charge in [0.25, 0.3) is 0 Å². The first kappa shape index (κ1) is 15.2. The molecule has 0 spiro atoms. The lowest BCUT2D eigenvalue weighted by atomic mass is 10.1. The molecule has 0 aromatic heterocycles. The van der Waals surface area contributed by atoms with Crippen LogP contribution in [0.25, 0.3) is 0 Å². The fraction of sp³-hybridized carbons (Fsp3) is 0.176. The second kappa shape index (κ2) is 8.17. The molecular formula is C17H19N3S. The molecule has 0 atom stereocenters. The van der Waals surface area contributed by atoms with E-state index < -0.39 is 0 Å². The Morgan fingerprint density at radius 1 is 1.05 bits per heavy atom. The topological polar surface area (TPSA) is 36.4 Å². The molecule has 0 unspecified atom stereocenters. The molecule has 3 nitrogen and oxygen atoms in total. The van der Waals surface area contributed by atoms with Gasteiger partial charge < -0.3 is 5.32 Å². The molecule has 2 aromatic rings. The highest BCUT2D eigenvalue weighted by atomic mass is 32.1. The molecular weight excluding hydrogens is 278 g/mol. The first-order valence-corrected chi connectivity index (χ1v) is 7.38. The molecule has 0 saturated heterocycles. The van der Waals surface area contributed by atoms with Crippen molar-refractivity contribution >= 4 is 23.5 Å². The highest BCUT2D eigenvalue weighted by molar-refractivity contribution is 7.80. The molecule has 4 heteroatoms. The van der Waals surface area contributed by atoms with Crippen LogP contribution < -0.4 is 10.7 Å². The molecule has 2 aromatic carbocycles. The van der Waals surface area contributed by atoms with Crippen molar-refractivity contribution in [1.82, 2.24) is 10.7 Å². The fourth-order valence-electron chi connectivity index (χ4n) is 1.82. The average molecular weight is 297 g/mol. The molecule has 0 fully saturated rings. The lowest BCUT2D eigenvalue weighted by Crippen LogP contribution is -2.31. The van der Waals surface area contributed by atoms with Gasteiger partial charge in [-0.15, -0.1) is 0 Å². The van der Waals surface area contributed by atoms with Gasteiger partial charge in [-0.05, 0) is 35.3 Å². The van der Waals surface area contributed by atoms with Gasteiger partial charge in [-0.3, -0.25) is 5.43 Å². The fourth-order valence-corrected chi connectivity index (χ4v) is 1.95. The van der Waals surface area contributed by atoms with Crippen LogP contribution in [-0.2, 0) is 13.0 Å². The van der Waals surface area contributed by atoms with Crippen molar-refractivity contribution in [1.29, 1.82) is 0 Å². The van der Waals surface area contributed by atoms with Gasteiger partial charge in [-0.2, -0.15) is 5.10 Å². The average Bonchev–Trinajstić information content (AvgIpc) is 2.54. The third-order valence-electron chi connectivity index (χ3n) is 3.06. The summed E-state index contributed by atoms with van der Waals surface area (Å²) in [5, 5.41) is 7.75. The molecule has 2 N–H and O–H groups in total. The summed E-state index contributed by atoms with van der Waals surface area (Å²) in [7, 11) is 0. The maximum absolute atomic E-state index is 5.17. The van der Waals surface area contributed by atoms with Gasteiger partial charge in [0.15, 0.2) is 5.11 Å². The van der Waals surface area contributed by atoms with Crippen molar-refractivity contribution in [2.75, 3.05) is 0 Å². The molecule has 0 bridgehead atoms. The summed E-state index contributed by atoms with van der Waals surface area (Å²) in [6, 6.07) is 18.4. The van der Waals surface area contributed by atoms with E-state index in [9.17, 15) is 0 Å². The number of nitrogens with zero attached hydrogens (tertiary/aromatic N) is 1. The zero-order valence-corrected chi connectivity index (χ0v) is 12.9. The standard InChI is InChI=1S/C17H19N3S/c1-2-14-8-10-16(11-9-14)13-19-20-17(21)18-12-15-6-4-3-5-7-15/h3-11,13H,2,12H2,1H3,(H2,18,20,21)/b19-13+. The highest BCUT2D eigenvalue weighted by Gasteiger charge is 1.94. The molecule has 21 heavy (non-hydrogen) atoms. The summed E-state index contributed by atoms with van der Waals surface area (Å²) < 4.78 is 0. The number of aryl methyl sites for hydroxylation is 1. The van der Waals surface area contributed by atoms with Crippen LogP contribution in [0.4, 0.5) is 0 Å². The van der Waals surface area contributed by atoms with Crippen molar-refractivity contribution in [3.05, 3.63) is 71.3 Å².